The standard InChI is InChI=1S/C12H22N2O.ClH/c1-9-6-7-13-8-11(9)14-12(15)5-4-10-2-3-10;/h9-11,13H,2-8H2,1H3,(H,14,15);1H. The van der Waals surface area contributed by atoms with Crippen molar-refractivity contribution in [2.45, 2.75) is 45.1 Å². The smallest absolute Gasteiger partial charge is 0.220 e. The molecule has 0 aromatic heterocycles. The number of nitrogens with one attached hydrogen (secondary N) is 2. The monoisotopic (exact) mass is 246 g/mol. The predicted molar refractivity (Wildman–Crippen MR) is 67.8 cm³/mol. The first-order valence-corrected chi connectivity index (χ1v) is 6.26. The topological polar surface area (TPSA) is 41.1 Å². The van der Waals surface area contributed by atoms with Gasteiger partial charge in [0.15, 0.2) is 0 Å². The lowest BCUT2D eigenvalue weighted by Gasteiger charge is -2.30. The number of carbonyl (C=O) groups excluding carboxylic acids is 1. The third-order valence-corrected chi connectivity index (χ3v) is 3.65. The zero-order valence-electron chi connectivity index (χ0n) is 10.00. The van der Waals surface area contributed by atoms with Gasteiger partial charge in [-0.15, -0.1) is 12.4 Å². The summed E-state index contributed by atoms with van der Waals surface area (Å²) in [5, 5.41) is 6.48. The number of amides is 1. The Morgan fingerprint density at radius 1 is 1.38 bits per heavy atom. The van der Waals surface area contributed by atoms with Crippen LogP contribution in [-0.4, -0.2) is 25.0 Å². The van der Waals surface area contributed by atoms with Crippen LogP contribution in [0.25, 0.3) is 0 Å². The SMILES string of the molecule is CC1CCNCC1NC(=O)CCC1CC1.Cl. The summed E-state index contributed by atoms with van der Waals surface area (Å²) in [4.78, 5) is 11.7. The molecular weight excluding hydrogens is 224 g/mol. The first kappa shape index (κ1) is 13.8. The Balaban J connectivity index is 0.00000128. The van der Waals surface area contributed by atoms with Gasteiger partial charge in [-0.3, -0.25) is 4.79 Å². The molecule has 2 N–H and O–H groups in total. The Kier molecular flexibility index (Phi) is 5.56. The number of carbonyl (C=O) groups is 1. The first-order valence-electron chi connectivity index (χ1n) is 6.26. The van der Waals surface area contributed by atoms with Crippen LogP contribution in [0.4, 0.5) is 0 Å². The van der Waals surface area contributed by atoms with E-state index >= 15 is 0 Å². The highest BCUT2D eigenvalue weighted by molar-refractivity contribution is 5.85. The summed E-state index contributed by atoms with van der Waals surface area (Å²) in [6.45, 7) is 4.26. The molecule has 1 aliphatic heterocycles. The fraction of sp³-hybridized carbons (Fsp3) is 0.917. The van der Waals surface area contributed by atoms with Crippen molar-refractivity contribution in [3.8, 4) is 0 Å². The third kappa shape index (κ3) is 4.30. The third-order valence-electron chi connectivity index (χ3n) is 3.65. The molecule has 1 aliphatic carbocycles. The molecule has 2 rings (SSSR count). The van der Waals surface area contributed by atoms with Crippen molar-refractivity contribution in [3.63, 3.8) is 0 Å². The van der Waals surface area contributed by atoms with E-state index in [1.165, 1.54) is 19.3 Å². The molecule has 3 nitrogen and oxygen atoms in total. The minimum absolute atomic E-state index is 0. The lowest BCUT2D eigenvalue weighted by atomic mass is 9.94. The second-order valence-corrected chi connectivity index (χ2v) is 5.13. The van der Waals surface area contributed by atoms with Crippen molar-refractivity contribution < 1.29 is 4.79 Å². The molecule has 4 heteroatoms. The van der Waals surface area contributed by atoms with Gasteiger partial charge in [0.2, 0.25) is 5.91 Å². The first-order chi connectivity index (χ1) is 7.25. The van der Waals surface area contributed by atoms with E-state index in [2.05, 4.69) is 17.6 Å². The molecule has 2 fully saturated rings. The van der Waals surface area contributed by atoms with E-state index in [1.807, 2.05) is 0 Å². The van der Waals surface area contributed by atoms with Gasteiger partial charge in [-0.05, 0) is 31.2 Å². The van der Waals surface area contributed by atoms with Gasteiger partial charge in [0, 0.05) is 19.0 Å². The molecule has 2 unspecified atom stereocenters. The lowest BCUT2D eigenvalue weighted by molar-refractivity contribution is -0.122. The number of halogens is 1. The predicted octanol–water partition coefficient (Wildman–Crippen LogP) is 1.71. The highest BCUT2D eigenvalue weighted by Crippen LogP contribution is 2.33. The van der Waals surface area contributed by atoms with Crippen LogP contribution in [0.1, 0.15) is 39.0 Å². The minimum Gasteiger partial charge on any atom is -0.352 e. The summed E-state index contributed by atoms with van der Waals surface area (Å²) in [5.74, 6) is 1.73. The maximum Gasteiger partial charge on any atom is 0.220 e. The normalized spacial score (nSPS) is 29.3. The highest BCUT2D eigenvalue weighted by atomic mass is 35.5. The summed E-state index contributed by atoms with van der Waals surface area (Å²) in [6.07, 6.45) is 5.69. The van der Waals surface area contributed by atoms with E-state index in [-0.39, 0.29) is 18.3 Å². The largest absolute Gasteiger partial charge is 0.352 e. The Bertz CT molecular complexity index is 231. The van der Waals surface area contributed by atoms with Crippen LogP contribution in [-0.2, 0) is 4.79 Å². The van der Waals surface area contributed by atoms with E-state index in [0.717, 1.165) is 31.8 Å². The second kappa shape index (κ2) is 6.45. The Morgan fingerprint density at radius 2 is 2.12 bits per heavy atom. The summed E-state index contributed by atoms with van der Waals surface area (Å²) in [7, 11) is 0. The molecule has 1 saturated carbocycles. The highest BCUT2D eigenvalue weighted by Gasteiger charge is 2.25. The second-order valence-electron chi connectivity index (χ2n) is 5.13. The molecule has 2 aliphatic rings. The summed E-state index contributed by atoms with van der Waals surface area (Å²) in [6, 6.07) is 0.352. The van der Waals surface area contributed by atoms with Crippen LogP contribution in [0.2, 0.25) is 0 Å². The van der Waals surface area contributed by atoms with Crippen molar-refractivity contribution in [3.05, 3.63) is 0 Å². The summed E-state index contributed by atoms with van der Waals surface area (Å²) in [5.41, 5.74) is 0. The molecule has 0 radical (unpaired) electrons. The fourth-order valence-corrected chi connectivity index (χ4v) is 2.20. The van der Waals surface area contributed by atoms with Crippen molar-refractivity contribution >= 4 is 18.3 Å². The van der Waals surface area contributed by atoms with Crippen molar-refractivity contribution in [1.29, 1.82) is 0 Å². The molecule has 0 bridgehead atoms. The molecule has 2 atom stereocenters. The number of rotatable bonds is 4. The van der Waals surface area contributed by atoms with E-state index in [4.69, 9.17) is 0 Å². The maximum atomic E-state index is 11.7. The van der Waals surface area contributed by atoms with Crippen LogP contribution >= 0.6 is 12.4 Å². The Morgan fingerprint density at radius 3 is 2.75 bits per heavy atom. The van der Waals surface area contributed by atoms with Crippen LogP contribution in [0.3, 0.4) is 0 Å². The minimum atomic E-state index is 0. The molecule has 1 amide bonds. The van der Waals surface area contributed by atoms with E-state index in [0.29, 0.717) is 12.0 Å². The molecule has 94 valence electrons. The molecular formula is C12H23ClN2O. The van der Waals surface area contributed by atoms with E-state index in [1.54, 1.807) is 0 Å². The molecule has 1 heterocycles. The Labute approximate surface area is 104 Å². The van der Waals surface area contributed by atoms with Crippen molar-refractivity contribution in [1.82, 2.24) is 10.6 Å². The lowest BCUT2D eigenvalue weighted by Crippen LogP contribution is -2.50. The average Bonchev–Trinajstić information content (AvgIpc) is 3.02. The van der Waals surface area contributed by atoms with E-state index < -0.39 is 0 Å². The zero-order valence-corrected chi connectivity index (χ0v) is 10.8. The van der Waals surface area contributed by atoms with Crippen LogP contribution < -0.4 is 10.6 Å². The summed E-state index contributed by atoms with van der Waals surface area (Å²) < 4.78 is 0. The Hall–Kier alpha value is -0.280. The van der Waals surface area contributed by atoms with Gasteiger partial charge in [0.25, 0.3) is 0 Å². The van der Waals surface area contributed by atoms with Gasteiger partial charge in [0.05, 0.1) is 0 Å². The van der Waals surface area contributed by atoms with Crippen LogP contribution in [0, 0.1) is 11.8 Å². The van der Waals surface area contributed by atoms with Gasteiger partial charge in [-0.2, -0.15) is 0 Å². The number of piperidine rings is 1. The number of hydrogen-bond donors (Lipinski definition) is 2. The fourth-order valence-electron chi connectivity index (χ4n) is 2.20. The molecule has 0 aromatic rings. The van der Waals surface area contributed by atoms with Crippen LogP contribution in [0.5, 0.6) is 0 Å². The summed E-state index contributed by atoms with van der Waals surface area (Å²) >= 11 is 0. The van der Waals surface area contributed by atoms with Gasteiger partial charge < -0.3 is 10.6 Å². The zero-order chi connectivity index (χ0) is 10.7. The quantitative estimate of drug-likeness (QED) is 0.793. The number of hydrogen-bond acceptors (Lipinski definition) is 2. The molecule has 0 spiro atoms. The molecule has 16 heavy (non-hydrogen) atoms. The van der Waals surface area contributed by atoms with Crippen molar-refractivity contribution in [2.75, 3.05) is 13.1 Å². The van der Waals surface area contributed by atoms with E-state index in [9.17, 15) is 4.79 Å². The maximum absolute atomic E-state index is 11.7. The van der Waals surface area contributed by atoms with Gasteiger partial charge in [-0.1, -0.05) is 19.8 Å². The average molecular weight is 247 g/mol. The molecule has 0 aromatic carbocycles. The van der Waals surface area contributed by atoms with Crippen molar-refractivity contribution in [2.24, 2.45) is 11.8 Å². The van der Waals surface area contributed by atoms with Gasteiger partial charge in [0.1, 0.15) is 0 Å². The van der Waals surface area contributed by atoms with Gasteiger partial charge >= 0.3 is 0 Å². The van der Waals surface area contributed by atoms with Crippen LogP contribution in [0.15, 0.2) is 0 Å². The molecule has 1 saturated heterocycles. The van der Waals surface area contributed by atoms with Gasteiger partial charge in [-0.25, -0.2) is 0 Å².